The molecule has 0 bridgehead atoms. The van der Waals surface area contributed by atoms with Gasteiger partial charge in [0.25, 0.3) is 5.69 Å². The van der Waals surface area contributed by atoms with Gasteiger partial charge in [0.2, 0.25) is 11.8 Å². The van der Waals surface area contributed by atoms with E-state index in [1.165, 1.54) is 19.2 Å². The number of halogens is 4. The standard InChI is InChI=1S/C22H17F4N5O4/c1-10-13(6-21(33)29-18-4-12-9-27-30-17(12)8-16(18)23)14(7-20(32)28-10)11-2-3-15(22(24,25)26)19(5-11)31(34)35/h2-5,8-9,14H,6-7H2,1H3,(H,27,30)(H,28,32)(H,29,33). The largest absolute Gasteiger partial charge is 0.422 e. The number of nitro benzene ring substituents is 1. The Kier molecular flexibility index (Phi) is 6.01. The van der Waals surface area contributed by atoms with E-state index in [0.29, 0.717) is 22.5 Å². The summed E-state index contributed by atoms with van der Waals surface area (Å²) in [5.41, 5.74) is -1.56. The van der Waals surface area contributed by atoms with Crippen LogP contribution in [0.5, 0.6) is 0 Å². The van der Waals surface area contributed by atoms with Gasteiger partial charge in [-0.15, -0.1) is 0 Å². The van der Waals surface area contributed by atoms with E-state index in [-0.39, 0.29) is 29.8 Å². The smallest absolute Gasteiger partial charge is 0.330 e. The first-order valence-corrected chi connectivity index (χ1v) is 10.2. The van der Waals surface area contributed by atoms with Gasteiger partial charge in [-0.25, -0.2) is 4.39 Å². The lowest BCUT2D eigenvalue weighted by molar-refractivity contribution is -0.388. The van der Waals surface area contributed by atoms with E-state index < -0.39 is 45.9 Å². The van der Waals surface area contributed by atoms with Crippen LogP contribution in [0.3, 0.4) is 0 Å². The lowest BCUT2D eigenvalue weighted by Crippen LogP contribution is -2.32. The highest BCUT2D eigenvalue weighted by molar-refractivity contribution is 5.95. The van der Waals surface area contributed by atoms with Crippen molar-refractivity contribution in [1.29, 1.82) is 0 Å². The zero-order valence-electron chi connectivity index (χ0n) is 18.0. The molecule has 13 heteroatoms. The number of nitro groups is 1. The summed E-state index contributed by atoms with van der Waals surface area (Å²) in [7, 11) is 0. The fourth-order valence-corrected chi connectivity index (χ4v) is 4.07. The number of amides is 2. The van der Waals surface area contributed by atoms with E-state index in [0.717, 1.165) is 18.2 Å². The summed E-state index contributed by atoms with van der Waals surface area (Å²) in [5, 5.41) is 23.3. The Morgan fingerprint density at radius 2 is 2.03 bits per heavy atom. The Morgan fingerprint density at radius 3 is 2.71 bits per heavy atom. The van der Waals surface area contributed by atoms with Gasteiger partial charge in [0.1, 0.15) is 11.4 Å². The molecule has 2 amide bonds. The Bertz CT molecular complexity index is 1400. The molecule has 1 aliphatic rings. The number of carbonyl (C=O) groups excluding carboxylic acids is 2. The fourth-order valence-electron chi connectivity index (χ4n) is 4.07. The second-order valence-corrected chi connectivity index (χ2v) is 8.00. The fraction of sp³-hybridized carbons (Fsp3) is 0.227. The van der Waals surface area contributed by atoms with Gasteiger partial charge in [0.05, 0.1) is 28.7 Å². The van der Waals surface area contributed by atoms with Crippen LogP contribution in [0.2, 0.25) is 0 Å². The number of aromatic nitrogens is 2. The molecule has 0 saturated carbocycles. The van der Waals surface area contributed by atoms with Gasteiger partial charge >= 0.3 is 6.18 Å². The number of aromatic amines is 1. The molecule has 2 heterocycles. The van der Waals surface area contributed by atoms with Crippen molar-refractivity contribution in [1.82, 2.24) is 15.5 Å². The van der Waals surface area contributed by atoms with Crippen molar-refractivity contribution in [2.75, 3.05) is 5.32 Å². The van der Waals surface area contributed by atoms with Gasteiger partial charge in [0.15, 0.2) is 0 Å². The molecule has 0 spiro atoms. The predicted octanol–water partition coefficient (Wildman–Crippen LogP) is 4.54. The molecule has 1 aliphatic heterocycles. The third-order valence-electron chi connectivity index (χ3n) is 5.70. The molecule has 2 aromatic carbocycles. The molecular formula is C22H17F4N5O4. The summed E-state index contributed by atoms with van der Waals surface area (Å²) in [6.45, 7) is 1.50. The maximum absolute atomic E-state index is 14.4. The number of nitrogens with one attached hydrogen (secondary N) is 3. The summed E-state index contributed by atoms with van der Waals surface area (Å²) in [6.07, 6.45) is -4.08. The minimum absolute atomic E-state index is 0.0766. The van der Waals surface area contributed by atoms with Crippen molar-refractivity contribution in [2.24, 2.45) is 0 Å². The third-order valence-corrected chi connectivity index (χ3v) is 5.70. The van der Waals surface area contributed by atoms with Crippen LogP contribution in [-0.4, -0.2) is 26.9 Å². The van der Waals surface area contributed by atoms with E-state index in [2.05, 4.69) is 20.8 Å². The Morgan fingerprint density at radius 1 is 1.29 bits per heavy atom. The van der Waals surface area contributed by atoms with E-state index in [4.69, 9.17) is 0 Å². The first-order valence-electron chi connectivity index (χ1n) is 10.2. The van der Waals surface area contributed by atoms with Crippen LogP contribution < -0.4 is 10.6 Å². The van der Waals surface area contributed by atoms with Crippen molar-refractivity contribution in [3.05, 3.63) is 74.9 Å². The average molecular weight is 491 g/mol. The van der Waals surface area contributed by atoms with Crippen LogP contribution in [-0.2, 0) is 15.8 Å². The molecule has 0 fully saturated rings. The van der Waals surface area contributed by atoms with E-state index in [1.54, 1.807) is 0 Å². The third kappa shape index (κ3) is 4.83. The molecule has 0 aliphatic carbocycles. The lowest BCUT2D eigenvalue weighted by atomic mass is 9.82. The van der Waals surface area contributed by atoms with Crippen molar-refractivity contribution >= 4 is 34.1 Å². The SMILES string of the molecule is CC1=C(CC(=O)Nc2cc3cn[nH]c3cc2F)C(c2ccc(C(F)(F)F)c([N+](=O)[O-])c2)CC(=O)N1. The highest BCUT2D eigenvalue weighted by Gasteiger charge is 2.39. The van der Waals surface area contributed by atoms with Gasteiger partial charge in [0, 0.05) is 35.6 Å². The molecule has 182 valence electrons. The summed E-state index contributed by atoms with van der Waals surface area (Å²) in [6, 6.07) is 4.95. The zero-order chi connectivity index (χ0) is 25.5. The molecule has 3 N–H and O–H groups in total. The number of carbonyl (C=O) groups is 2. The second-order valence-electron chi connectivity index (χ2n) is 8.00. The molecule has 0 radical (unpaired) electrons. The minimum atomic E-state index is -4.94. The Labute approximate surface area is 194 Å². The van der Waals surface area contributed by atoms with Crippen LogP contribution in [0, 0.1) is 15.9 Å². The van der Waals surface area contributed by atoms with Crippen LogP contribution >= 0.6 is 0 Å². The number of H-pyrrole nitrogens is 1. The van der Waals surface area contributed by atoms with Crippen molar-refractivity contribution in [3.63, 3.8) is 0 Å². The summed E-state index contributed by atoms with van der Waals surface area (Å²) in [5.74, 6) is -2.72. The molecule has 35 heavy (non-hydrogen) atoms. The zero-order valence-corrected chi connectivity index (χ0v) is 18.0. The van der Waals surface area contributed by atoms with Crippen LogP contribution in [0.25, 0.3) is 10.9 Å². The summed E-state index contributed by atoms with van der Waals surface area (Å²) < 4.78 is 54.0. The monoisotopic (exact) mass is 491 g/mol. The van der Waals surface area contributed by atoms with Gasteiger partial charge < -0.3 is 10.6 Å². The highest BCUT2D eigenvalue weighted by Crippen LogP contribution is 2.41. The number of fused-ring (bicyclic) bond motifs is 1. The van der Waals surface area contributed by atoms with Crippen LogP contribution in [0.1, 0.15) is 36.8 Å². The molecule has 4 rings (SSSR count). The quantitative estimate of drug-likeness (QED) is 0.274. The number of nitrogens with zero attached hydrogens (tertiary/aromatic N) is 2. The highest BCUT2D eigenvalue weighted by atomic mass is 19.4. The number of hydrogen-bond acceptors (Lipinski definition) is 5. The van der Waals surface area contributed by atoms with Crippen LogP contribution in [0.4, 0.5) is 28.9 Å². The normalized spacial score (nSPS) is 16.4. The average Bonchev–Trinajstić information content (AvgIpc) is 3.21. The lowest BCUT2D eigenvalue weighted by Gasteiger charge is -2.28. The molecule has 1 unspecified atom stereocenters. The molecule has 0 saturated heterocycles. The van der Waals surface area contributed by atoms with Crippen molar-refractivity contribution in [2.45, 2.75) is 31.9 Å². The first kappa shape index (κ1) is 23.9. The maximum Gasteiger partial charge on any atom is 0.422 e. The summed E-state index contributed by atoms with van der Waals surface area (Å²) in [4.78, 5) is 35.1. The Balaban J connectivity index is 1.65. The molecule has 1 aromatic heterocycles. The van der Waals surface area contributed by atoms with Crippen molar-refractivity contribution < 1.29 is 32.1 Å². The van der Waals surface area contributed by atoms with Gasteiger partial charge in [-0.3, -0.25) is 24.8 Å². The topological polar surface area (TPSA) is 130 Å². The number of benzene rings is 2. The molecule has 3 aromatic rings. The van der Waals surface area contributed by atoms with Gasteiger partial charge in [-0.2, -0.15) is 18.3 Å². The second kappa shape index (κ2) is 8.81. The summed E-state index contributed by atoms with van der Waals surface area (Å²) >= 11 is 0. The number of allylic oxidation sites excluding steroid dienone is 1. The van der Waals surface area contributed by atoms with Crippen molar-refractivity contribution in [3.8, 4) is 0 Å². The first-order chi connectivity index (χ1) is 16.4. The minimum Gasteiger partial charge on any atom is -0.330 e. The van der Waals surface area contributed by atoms with Gasteiger partial charge in [-0.05, 0) is 30.2 Å². The Hall–Kier alpha value is -4.29. The van der Waals surface area contributed by atoms with E-state index in [9.17, 15) is 37.3 Å². The number of anilines is 1. The molecular weight excluding hydrogens is 474 g/mol. The van der Waals surface area contributed by atoms with Crippen LogP contribution in [0.15, 0.2) is 47.8 Å². The van der Waals surface area contributed by atoms with E-state index in [1.807, 2.05) is 0 Å². The maximum atomic E-state index is 14.4. The molecule has 1 atom stereocenters. The predicted molar refractivity (Wildman–Crippen MR) is 116 cm³/mol. The molecule has 9 nitrogen and oxygen atoms in total. The number of rotatable bonds is 5. The number of alkyl halides is 3. The number of hydrogen-bond donors (Lipinski definition) is 3. The van der Waals surface area contributed by atoms with Gasteiger partial charge in [-0.1, -0.05) is 6.07 Å². The van der Waals surface area contributed by atoms with E-state index >= 15 is 0 Å².